The first kappa shape index (κ1) is 18.4. The molecule has 0 saturated carbocycles. The fraction of sp³-hybridized carbons (Fsp3) is 0.250. The van der Waals surface area contributed by atoms with E-state index in [0.29, 0.717) is 29.7 Å². The molecule has 1 amide bonds. The quantitative estimate of drug-likeness (QED) is 0.685. The SMILES string of the molecule is O=C(COc1ccc2c(c1)C(=O)CC2)NC(Cc1ccc(O)cc1)C(=O)O. The highest BCUT2D eigenvalue weighted by molar-refractivity contribution is 6.00. The first-order valence-electron chi connectivity index (χ1n) is 8.51. The molecule has 0 fully saturated rings. The number of Topliss-reactive ketones (excluding diaryl/α,β-unsaturated/α-hetero) is 1. The zero-order valence-corrected chi connectivity index (χ0v) is 14.5. The maximum absolute atomic E-state index is 12.1. The van der Waals surface area contributed by atoms with E-state index in [1.807, 2.05) is 0 Å². The van der Waals surface area contributed by atoms with E-state index in [4.69, 9.17) is 4.74 Å². The summed E-state index contributed by atoms with van der Waals surface area (Å²) in [4.78, 5) is 35.2. The van der Waals surface area contributed by atoms with Crippen molar-refractivity contribution in [2.45, 2.75) is 25.3 Å². The number of carboxylic acid groups (broad SMARTS) is 1. The second kappa shape index (κ2) is 7.90. The highest BCUT2D eigenvalue weighted by atomic mass is 16.5. The summed E-state index contributed by atoms with van der Waals surface area (Å²) in [6.07, 6.45) is 1.28. The van der Waals surface area contributed by atoms with E-state index in [-0.39, 0.29) is 24.6 Å². The molecule has 0 heterocycles. The van der Waals surface area contributed by atoms with Gasteiger partial charge in [0, 0.05) is 18.4 Å². The van der Waals surface area contributed by atoms with E-state index in [9.17, 15) is 24.6 Å². The zero-order valence-electron chi connectivity index (χ0n) is 14.5. The molecular weight excluding hydrogens is 350 g/mol. The van der Waals surface area contributed by atoms with Crippen LogP contribution in [0.15, 0.2) is 42.5 Å². The van der Waals surface area contributed by atoms with Crippen LogP contribution in [0.3, 0.4) is 0 Å². The van der Waals surface area contributed by atoms with Gasteiger partial charge in [0.2, 0.25) is 0 Å². The average Bonchev–Trinajstić information content (AvgIpc) is 3.01. The van der Waals surface area contributed by atoms with Crippen LogP contribution in [0.25, 0.3) is 0 Å². The van der Waals surface area contributed by atoms with Crippen molar-refractivity contribution >= 4 is 17.7 Å². The number of fused-ring (bicyclic) bond motifs is 1. The summed E-state index contributed by atoms with van der Waals surface area (Å²) in [7, 11) is 0. The van der Waals surface area contributed by atoms with Crippen LogP contribution < -0.4 is 10.1 Å². The van der Waals surface area contributed by atoms with E-state index < -0.39 is 17.9 Å². The minimum Gasteiger partial charge on any atom is -0.508 e. The standard InChI is InChI=1S/C20H19NO6/c22-14-5-1-12(2-6-14)9-17(20(25)26)21-19(24)11-27-15-7-3-13-4-8-18(23)16(13)10-15/h1-3,5-7,10,17,22H,4,8-9,11H2,(H,21,24)(H,25,26). The number of ketones is 1. The molecule has 27 heavy (non-hydrogen) atoms. The molecule has 0 bridgehead atoms. The van der Waals surface area contributed by atoms with Crippen molar-refractivity contribution in [1.82, 2.24) is 5.32 Å². The van der Waals surface area contributed by atoms with Crippen molar-refractivity contribution in [2.24, 2.45) is 0 Å². The summed E-state index contributed by atoms with van der Waals surface area (Å²) in [5, 5.41) is 21.0. The summed E-state index contributed by atoms with van der Waals surface area (Å²) >= 11 is 0. The highest BCUT2D eigenvalue weighted by Crippen LogP contribution is 2.26. The Kier molecular flexibility index (Phi) is 5.40. The predicted molar refractivity (Wildman–Crippen MR) is 96.0 cm³/mol. The fourth-order valence-corrected chi connectivity index (χ4v) is 2.96. The molecule has 140 valence electrons. The number of hydrogen-bond acceptors (Lipinski definition) is 5. The van der Waals surface area contributed by atoms with Crippen LogP contribution in [0.2, 0.25) is 0 Å². The van der Waals surface area contributed by atoms with Crippen LogP contribution in [-0.4, -0.2) is 40.5 Å². The molecule has 7 heteroatoms. The second-order valence-corrected chi connectivity index (χ2v) is 6.36. The largest absolute Gasteiger partial charge is 0.508 e. The molecule has 3 rings (SSSR count). The van der Waals surface area contributed by atoms with E-state index >= 15 is 0 Å². The predicted octanol–water partition coefficient (Wildman–Crippen LogP) is 1.71. The van der Waals surface area contributed by atoms with Crippen molar-refractivity contribution in [3.63, 3.8) is 0 Å². The first-order chi connectivity index (χ1) is 12.9. The molecule has 1 aliphatic carbocycles. The fourth-order valence-electron chi connectivity index (χ4n) is 2.96. The molecular formula is C20H19NO6. The number of phenols is 1. The lowest BCUT2D eigenvalue weighted by Crippen LogP contribution is -2.44. The van der Waals surface area contributed by atoms with Gasteiger partial charge in [-0.25, -0.2) is 4.79 Å². The number of rotatable bonds is 7. The summed E-state index contributed by atoms with van der Waals surface area (Å²) < 4.78 is 5.40. The monoisotopic (exact) mass is 369 g/mol. The lowest BCUT2D eigenvalue weighted by Gasteiger charge is -2.15. The van der Waals surface area contributed by atoms with Crippen molar-refractivity contribution < 1.29 is 29.3 Å². The molecule has 1 unspecified atom stereocenters. The average molecular weight is 369 g/mol. The summed E-state index contributed by atoms with van der Waals surface area (Å²) in [6, 6.07) is 10.1. The number of carbonyl (C=O) groups is 3. The third-order valence-corrected chi connectivity index (χ3v) is 4.38. The lowest BCUT2D eigenvalue weighted by atomic mass is 10.1. The smallest absolute Gasteiger partial charge is 0.326 e. The Morgan fingerprint density at radius 3 is 2.56 bits per heavy atom. The molecule has 2 aromatic carbocycles. The molecule has 3 N–H and O–H groups in total. The number of carbonyl (C=O) groups excluding carboxylic acids is 2. The number of carboxylic acids is 1. The number of aliphatic carboxylic acids is 1. The number of aryl methyl sites for hydroxylation is 1. The molecule has 0 spiro atoms. The second-order valence-electron chi connectivity index (χ2n) is 6.36. The molecule has 0 saturated heterocycles. The Balaban J connectivity index is 1.56. The van der Waals surface area contributed by atoms with Crippen molar-refractivity contribution in [3.05, 3.63) is 59.2 Å². The third kappa shape index (κ3) is 4.63. The van der Waals surface area contributed by atoms with E-state index in [1.165, 1.54) is 12.1 Å². The van der Waals surface area contributed by atoms with Gasteiger partial charge in [-0.3, -0.25) is 9.59 Å². The Bertz CT molecular complexity index is 875. The van der Waals surface area contributed by atoms with E-state index in [0.717, 1.165) is 5.56 Å². The lowest BCUT2D eigenvalue weighted by molar-refractivity contribution is -0.142. The third-order valence-electron chi connectivity index (χ3n) is 4.38. The van der Waals surface area contributed by atoms with Crippen LogP contribution >= 0.6 is 0 Å². The van der Waals surface area contributed by atoms with Gasteiger partial charge < -0.3 is 20.3 Å². The normalized spacial score (nSPS) is 13.7. The van der Waals surface area contributed by atoms with Gasteiger partial charge in [0.15, 0.2) is 12.4 Å². The summed E-state index contributed by atoms with van der Waals surface area (Å²) in [6.45, 7) is -0.355. The summed E-state index contributed by atoms with van der Waals surface area (Å²) in [5.74, 6) is -1.22. The number of ether oxygens (including phenoxy) is 1. The van der Waals surface area contributed by atoms with Gasteiger partial charge in [0.25, 0.3) is 5.91 Å². The van der Waals surface area contributed by atoms with Gasteiger partial charge in [-0.1, -0.05) is 18.2 Å². The number of nitrogens with one attached hydrogen (secondary N) is 1. The molecule has 0 aromatic heterocycles. The van der Waals surface area contributed by atoms with Crippen molar-refractivity contribution in [1.29, 1.82) is 0 Å². The van der Waals surface area contributed by atoms with Crippen LogP contribution in [0, 0.1) is 0 Å². The van der Waals surface area contributed by atoms with Gasteiger partial charge >= 0.3 is 5.97 Å². The number of phenolic OH excluding ortho intramolecular Hbond substituents is 1. The maximum atomic E-state index is 12.1. The van der Waals surface area contributed by atoms with Gasteiger partial charge in [-0.2, -0.15) is 0 Å². The van der Waals surface area contributed by atoms with Gasteiger partial charge in [-0.15, -0.1) is 0 Å². The maximum Gasteiger partial charge on any atom is 0.326 e. The number of amides is 1. The minimum absolute atomic E-state index is 0.0553. The van der Waals surface area contributed by atoms with Gasteiger partial charge in [0.05, 0.1) is 0 Å². The first-order valence-corrected chi connectivity index (χ1v) is 8.51. The van der Waals surface area contributed by atoms with Crippen molar-refractivity contribution in [3.8, 4) is 11.5 Å². The number of benzene rings is 2. The van der Waals surface area contributed by atoms with Gasteiger partial charge in [0.1, 0.15) is 17.5 Å². The number of hydrogen-bond donors (Lipinski definition) is 3. The van der Waals surface area contributed by atoms with Gasteiger partial charge in [-0.05, 0) is 41.8 Å². The minimum atomic E-state index is -1.17. The van der Waals surface area contributed by atoms with Crippen molar-refractivity contribution in [2.75, 3.05) is 6.61 Å². The Hall–Kier alpha value is -3.35. The van der Waals surface area contributed by atoms with Crippen LogP contribution in [-0.2, 0) is 22.4 Å². The molecule has 7 nitrogen and oxygen atoms in total. The molecule has 0 radical (unpaired) electrons. The number of aromatic hydroxyl groups is 1. The highest BCUT2D eigenvalue weighted by Gasteiger charge is 2.22. The molecule has 2 aromatic rings. The van der Waals surface area contributed by atoms with Crippen LogP contribution in [0.1, 0.15) is 27.9 Å². The molecule has 0 aliphatic heterocycles. The Morgan fingerprint density at radius 1 is 1.11 bits per heavy atom. The van der Waals surface area contributed by atoms with Crippen LogP contribution in [0.5, 0.6) is 11.5 Å². The van der Waals surface area contributed by atoms with Crippen LogP contribution in [0.4, 0.5) is 0 Å². The topological polar surface area (TPSA) is 113 Å². The Labute approximate surface area is 155 Å². The van der Waals surface area contributed by atoms with E-state index in [2.05, 4.69) is 5.32 Å². The van der Waals surface area contributed by atoms with E-state index in [1.54, 1.807) is 30.3 Å². The molecule has 1 atom stereocenters. The Morgan fingerprint density at radius 2 is 1.85 bits per heavy atom. The molecule has 1 aliphatic rings. The summed E-state index contributed by atoms with van der Waals surface area (Å²) in [5.41, 5.74) is 2.25. The zero-order chi connectivity index (χ0) is 19.4.